The minimum Gasteiger partial charge on any atom is -0.390 e. The SMILES string of the molecule is CC[C@H]1NC(=O)[C@H](C)[C@@H](O[C@H]2C[C@@](C)(OC)C[C@H](C)O2)[C@H](C)[C@@H](O[C@@H]2O[C@H](C)C[C@H](N(C)C(C)C)[C@H]2O)[C@@]2(C)C[C@@H](C)[C@H](O2)[C@H](C)[C@@H](O)[C@]1(C)O. The van der Waals surface area contributed by atoms with E-state index >= 15 is 0 Å². The fourth-order valence-electron chi connectivity index (χ4n) is 9.66. The maximum absolute atomic E-state index is 14.3. The number of aliphatic hydroxyl groups is 3. The molecule has 4 N–H and O–H groups in total. The summed E-state index contributed by atoms with van der Waals surface area (Å²) in [7, 11) is 3.70. The lowest BCUT2D eigenvalue weighted by Crippen LogP contribution is -2.61. The van der Waals surface area contributed by atoms with Crippen LogP contribution < -0.4 is 5.32 Å². The van der Waals surface area contributed by atoms with E-state index in [-0.39, 0.29) is 36.1 Å². The summed E-state index contributed by atoms with van der Waals surface area (Å²) in [6.07, 6.45) is -3.23. The molecule has 4 fully saturated rings. The Bertz CT molecular complexity index is 1160. The summed E-state index contributed by atoms with van der Waals surface area (Å²) >= 11 is 0. The molecule has 4 heterocycles. The molecular formula is C39H72N2O10. The van der Waals surface area contributed by atoms with Gasteiger partial charge in [-0.1, -0.05) is 34.6 Å². The first kappa shape index (κ1) is 42.8. The smallest absolute Gasteiger partial charge is 0.225 e. The Balaban J connectivity index is 1.83. The number of fused-ring (bicyclic) bond motifs is 2. The van der Waals surface area contributed by atoms with Crippen molar-refractivity contribution >= 4 is 5.91 Å². The maximum Gasteiger partial charge on any atom is 0.225 e. The van der Waals surface area contributed by atoms with E-state index in [9.17, 15) is 20.1 Å². The summed E-state index contributed by atoms with van der Waals surface area (Å²) < 4.78 is 39.6. The van der Waals surface area contributed by atoms with Gasteiger partial charge >= 0.3 is 0 Å². The Morgan fingerprint density at radius 1 is 0.961 bits per heavy atom. The van der Waals surface area contributed by atoms with E-state index in [1.807, 2.05) is 62.4 Å². The van der Waals surface area contributed by atoms with E-state index in [0.717, 1.165) is 0 Å². The molecule has 4 aliphatic heterocycles. The molecular weight excluding hydrogens is 656 g/mol. The molecule has 2 bridgehead atoms. The normalized spacial score (nSPS) is 50.4. The van der Waals surface area contributed by atoms with Gasteiger partial charge in [0.1, 0.15) is 11.7 Å². The van der Waals surface area contributed by atoms with Crippen LogP contribution in [0.15, 0.2) is 0 Å². The van der Waals surface area contributed by atoms with Crippen molar-refractivity contribution in [2.24, 2.45) is 23.7 Å². The highest BCUT2D eigenvalue weighted by Gasteiger charge is 2.57. The molecule has 4 saturated heterocycles. The average Bonchev–Trinajstić information content (AvgIpc) is 3.37. The first-order valence-corrected chi connectivity index (χ1v) is 19.5. The van der Waals surface area contributed by atoms with Crippen LogP contribution in [-0.2, 0) is 33.2 Å². The summed E-state index contributed by atoms with van der Waals surface area (Å²) in [5.74, 6) is -2.03. The molecule has 18 atom stereocenters. The van der Waals surface area contributed by atoms with Gasteiger partial charge < -0.3 is 49.1 Å². The minimum atomic E-state index is -1.65. The molecule has 0 aromatic carbocycles. The molecule has 12 nitrogen and oxygen atoms in total. The van der Waals surface area contributed by atoms with Crippen molar-refractivity contribution in [2.45, 2.75) is 205 Å². The predicted molar refractivity (Wildman–Crippen MR) is 194 cm³/mol. The maximum atomic E-state index is 14.3. The van der Waals surface area contributed by atoms with Crippen LogP contribution in [0.25, 0.3) is 0 Å². The Morgan fingerprint density at radius 2 is 1.61 bits per heavy atom. The summed E-state index contributed by atoms with van der Waals surface area (Å²) in [4.78, 5) is 16.4. The number of hydrogen-bond donors (Lipinski definition) is 4. The summed E-state index contributed by atoms with van der Waals surface area (Å²) in [6.45, 7) is 23.5. The Morgan fingerprint density at radius 3 is 2.20 bits per heavy atom. The number of hydrogen-bond acceptors (Lipinski definition) is 11. The van der Waals surface area contributed by atoms with Gasteiger partial charge in [-0.25, -0.2) is 0 Å². The number of methoxy groups -OCH3 is 1. The van der Waals surface area contributed by atoms with E-state index in [1.54, 1.807) is 14.0 Å². The van der Waals surface area contributed by atoms with Crippen LogP contribution in [0.2, 0.25) is 0 Å². The van der Waals surface area contributed by atoms with Crippen molar-refractivity contribution in [1.29, 1.82) is 0 Å². The van der Waals surface area contributed by atoms with E-state index in [0.29, 0.717) is 32.1 Å². The molecule has 0 spiro atoms. The van der Waals surface area contributed by atoms with Gasteiger partial charge in [-0.15, -0.1) is 0 Å². The molecule has 0 unspecified atom stereocenters. The van der Waals surface area contributed by atoms with Crippen LogP contribution in [0, 0.1) is 23.7 Å². The lowest BCUT2D eigenvalue weighted by atomic mass is 9.75. The van der Waals surface area contributed by atoms with Crippen LogP contribution in [0.4, 0.5) is 0 Å². The highest BCUT2D eigenvalue weighted by Crippen LogP contribution is 2.47. The van der Waals surface area contributed by atoms with Crippen molar-refractivity contribution < 1.29 is 48.5 Å². The zero-order valence-electron chi connectivity index (χ0n) is 33.9. The number of nitrogens with one attached hydrogen (secondary N) is 1. The van der Waals surface area contributed by atoms with Crippen molar-refractivity contribution in [3.63, 3.8) is 0 Å². The van der Waals surface area contributed by atoms with Crippen molar-refractivity contribution in [3.8, 4) is 0 Å². The second kappa shape index (κ2) is 16.4. The predicted octanol–water partition coefficient (Wildman–Crippen LogP) is 4.00. The Labute approximate surface area is 307 Å². The van der Waals surface area contributed by atoms with Gasteiger partial charge in [0.25, 0.3) is 0 Å². The van der Waals surface area contributed by atoms with E-state index in [2.05, 4.69) is 31.0 Å². The van der Waals surface area contributed by atoms with Crippen molar-refractivity contribution in [2.75, 3.05) is 14.2 Å². The molecule has 0 aliphatic carbocycles. The van der Waals surface area contributed by atoms with E-state index in [4.69, 9.17) is 28.4 Å². The second-order valence-corrected chi connectivity index (χ2v) is 17.7. The largest absolute Gasteiger partial charge is 0.390 e. The molecule has 0 radical (unpaired) electrons. The summed E-state index contributed by atoms with van der Waals surface area (Å²) in [5, 5.41) is 38.5. The zero-order chi connectivity index (χ0) is 38.4. The lowest BCUT2D eigenvalue weighted by Gasteiger charge is -2.48. The zero-order valence-corrected chi connectivity index (χ0v) is 33.9. The third-order valence-electron chi connectivity index (χ3n) is 13.0. The third kappa shape index (κ3) is 8.97. The molecule has 0 saturated carbocycles. The van der Waals surface area contributed by atoms with Crippen LogP contribution >= 0.6 is 0 Å². The van der Waals surface area contributed by atoms with Gasteiger partial charge in [-0.3, -0.25) is 9.69 Å². The number of nitrogens with zero attached hydrogens (tertiary/aromatic N) is 1. The van der Waals surface area contributed by atoms with E-state index in [1.165, 1.54) is 0 Å². The summed E-state index contributed by atoms with van der Waals surface area (Å²) in [6, 6.07) is -0.736. The molecule has 0 aromatic heterocycles. The van der Waals surface area contributed by atoms with Crippen LogP contribution in [-0.4, -0.2) is 131 Å². The number of aliphatic hydroxyl groups excluding tert-OH is 2. The van der Waals surface area contributed by atoms with Gasteiger partial charge in [0.2, 0.25) is 5.91 Å². The molecule has 51 heavy (non-hydrogen) atoms. The highest BCUT2D eigenvalue weighted by atomic mass is 16.7. The Hall–Kier alpha value is -0.930. The summed E-state index contributed by atoms with van der Waals surface area (Å²) in [5.41, 5.74) is -3.07. The second-order valence-electron chi connectivity index (χ2n) is 17.7. The molecule has 0 aromatic rings. The quantitative estimate of drug-likeness (QED) is 0.288. The first-order chi connectivity index (χ1) is 23.6. The monoisotopic (exact) mass is 729 g/mol. The number of amides is 1. The van der Waals surface area contributed by atoms with Gasteiger partial charge in [0, 0.05) is 43.9 Å². The highest BCUT2D eigenvalue weighted by molar-refractivity contribution is 5.79. The van der Waals surface area contributed by atoms with Gasteiger partial charge in [0.15, 0.2) is 12.6 Å². The van der Waals surface area contributed by atoms with Crippen molar-refractivity contribution in [1.82, 2.24) is 10.2 Å². The van der Waals surface area contributed by atoms with Crippen molar-refractivity contribution in [3.05, 3.63) is 0 Å². The van der Waals surface area contributed by atoms with Crippen LogP contribution in [0.1, 0.15) is 115 Å². The number of ether oxygens (including phenoxy) is 6. The lowest BCUT2D eigenvalue weighted by molar-refractivity contribution is -0.312. The molecule has 4 aliphatic rings. The van der Waals surface area contributed by atoms with Gasteiger partial charge in [0.05, 0.1) is 59.8 Å². The first-order valence-electron chi connectivity index (χ1n) is 19.5. The topological polar surface area (TPSA) is 148 Å². The van der Waals surface area contributed by atoms with E-state index < -0.39 is 83.7 Å². The van der Waals surface area contributed by atoms with Gasteiger partial charge in [-0.05, 0) is 80.7 Å². The molecule has 12 heteroatoms. The van der Waals surface area contributed by atoms with Crippen LogP contribution in [0.5, 0.6) is 0 Å². The minimum absolute atomic E-state index is 0.0102. The third-order valence-corrected chi connectivity index (χ3v) is 13.0. The standard InChI is InChI=1S/C39H72N2O10/c1-15-28-39(12,45)33(43)24(7)31-21(4)17-38(11,51-31)34(50-36-30(42)27(16-22(5)48-36)41(13)20(2)3)25(8)32(26(9)35(44)40-28)49-29-19-37(10,46-14)18-23(6)47-29/h20-34,36,42-43,45H,15-19H2,1-14H3,(H,40,44)/t21-,22-,23+,24+,25+,26-,27+,28-,29+,30-,31+,32+,33-,34-,36+,37+,38-,39-/m1/s1. The number of likely N-dealkylation sites (N-methyl/N-ethyl adjacent to an activating group) is 1. The number of carbonyl (C=O) groups excluding carboxylic acids is 1. The number of carbonyl (C=O) groups is 1. The Kier molecular flexibility index (Phi) is 13.8. The van der Waals surface area contributed by atoms with Gasteiger partial charge in [-0.2, -0.15) is 0 Å². The number of rotatable bonds is 8. The fourth-order valence-corrected chi connectivity index (χ4v) is 9.66. The average molecular weight is 729 g/mol. The molecule has 1 amide bonds. The molecule has 4 rings (SSSR count). The molecule has 298 valence electrons. The van der Waals surface area contributed by atoms with Crippen LogP contribution in [0.3, 0.4) is 0 Å². The fraction of sp³-hybridized carbons (Fsp3) is 0.974.